The zero-order chi connectivity index (χ0) is 24.8. The van der Waals surface area contributed by atoms with E-state index >= 15 is 0 Å². The van der Waals surface area contributed by atoms with Crippen LogP contribution in [0.1, 0.15) is 16.7 Å². The smallest absolute Gasteiger partial charge is 0.187 e. The molecule has 0 amide bonds. The molecule has 7 heteroatoms. The highest BCUT2D eigenvalue weighted by atomic mass is 16.8. The van der Waals surface area contributed by atoms with E-state index < -0.39 is 36.3 Å². The Hall–Kier alpha value is -2.62. The van der Waals surface area contributed by atoms with E-state index in [0.29, 0.717) is 6.61 Å². The summed E-state index contributed by atoms with van der Waals surface area (Å²) in [7, 11) is 0. The van der Waals surface area contributed by atoms with Gasteiger partial charge < -0.3 is 33.9 Å². The van der Waals surface area contributed by atoms with Gasteiger partial charge in [0.1, 0.15) is 24.4 Å². The maximum absolute atomic E-state index is 11.2. The van der Waals surface area contributed by atoms with Crippen molar-refractivity contribution in [1.29, 1.82) is 0 Å². The maximum Gasteiger partial charge on any atom is 0.187 e. The summed E-state index contributed by atoms with van der Waals surface area (Å²) in [6.07, 6.45) is -4.29. The molecule has 0 saturated carbocycles. The second kappa shape index (κ2) is 11.6. The SMILES string of the molecule is OC[C@H]1O[C@@H]2O[C@@](COCc3ccccc3)([C@H](OCc3ccccc3)[C@H]2O)[C@@H]1OCc1ccccc1. The van der Waals surface area contributed by atoms with E-state index in [-0.39, 0.29) is 26.4 Å². The molecule has 36 heavy (non-hydrogen) atoms. The van der Waals surface area contributed by atoms with E-state index in [4.69, 9.17) is 23.7 Å². The lowest BCUT2D eigenvalue weighted by Crippen LogP contribution is -2.63. The molecular weight excluding hydrogens is 460 g/mol. The van der Waals surface area contributed by atoms with Crippen molar-refractivity contribution in [3.05, 3.63) is 108 Å². The molecule has 2 fully saturated rings. The molecule has 3 aromatic carbocycles. The van der Waals surface area contributed by atoms with Crippen molar-refractivity contribution in [3.8, 4) is 0 Å². The Balaban J connectivity index is 1.41. The van der Waals surface area contributed by atoms with Crippen LogP contribution in [0.4, 0.5) is 0 Å². The maximum atomic E-state index is 11.2. The van der Waals surface area contributed by atoms with Crippen LogP contribution in [-0.2, 0) is 43.5 Å². The fourth-order valence-corrected chi connectivity index (χ4v) is 4.93. The van der Waals surface area contributed by atoms with Crippen molar-refractivity contribution in [2.75, 3.05) is 13.2 Å². The van der Waals surface area contributed by atoms with Gasteiger partial charge in [0.05, 0.1) is 33.0 Å². The van der Waals surface area contributed by atoms with E-state index in [1.807, 2.05) is 91.0 Å². The van der Waals surface area contributed by atoms with E-state index in [9.17, 15) is 10.2 Å². The third-order valence-electron chi connectivity index (χ3n) is 6.70. The van der Waals surface area contributed by atoms with Gasteiger partial charge in [-0.25, -0.2) is 0 Å². The zero-order valence-electron chi connectivity index (χ0n) is 20.0. The average molecular weight is 493 g/mol. The van der Waals surface area contributed by atoms with E-state index in [1.54, 1.807) is 0 Å². The first-order valence-electron chi connectivity index (χ1n) is 12.2. The average Bonchev–Trinajstić information content (AvgIpc) is 3.15. The second-order valence-corrected chi connectivity index (χ2v) is 9.20. The van der Waals surface area contributed by atoms with Crippen LogP contribution in [0.25, 0.3) is 0 Å². The van der Waals surface area contributed by atoms with Gasteiger partial charge in [0.25, 0.3) is 0 Å². The van der Waals surface area contributed by atoms with Crippen LogP contribution in [0.15, 0.2) is 91.0 Å². The second-order valence-electron chi connectivity index (χ2n) is 9.20. The Bertz CT molecular complexity index is 1060. The highest BCUT2D eigenvalue weighted by molar-refractivity contribution is 5.17. The zero-order valence-corrected chi connectivity index (χ0v) is 20.0. The van der Waals surface area contributed by atoms with Crippen molar-refractivity contribution in [2.45, 2.75) is 56.1 Å². The molecule has 0 aliphatic carbocycles. The van der Waals surface area contributed by atoms with Crippen LogP contribution < -0.4 is 0 Å². The number of hydrogen-bond donors (Lipinski definition) is 2. The minimum Gasteiger partial charge on any atom is -0.394 e. The van der Waals surface area contributed by atoms with Crippen molar-refractivity contribution < 1.29 is 33.9 Å². The van der Waals surface area contributed by atoms with Crippen LogP contribution in [0.2, 0.25) is 0 Å². The summed E-state index contributed by atoms with van der Waals surface area (Å²) in [6.45, 7) is 0.704. The molecule has 2 N–H and O–H groups in total. The molecule has 0 aromatic heterocycles. The number of ether oxygens (including phenoxy) is 5. The lowest BCUT2D eigenvalue weighted by atomic mass is 9.87. The first-order chi connectivity index (χ1) is 17.7. The molecule has 2 aliphatic rings. The summed E-state index contributed by atoms with van der Waals surface area (Å²) < 4.78 is 31.1. The third kappa shape index (κ3) is 5.38. The highest BCUT2D eigenvalue weighted by Crippen LogP contribution is 2.45. The lowest BCUT2D eigenvalue weighted by molar-refractivity contribution is -0.329. The molecular formula is C29H32O7. The molecule has 2 aliphatic heterocycles. The monoisotopic (exact) mass is 492 g/mol. The molecule has 7 nitrogen and oxygen atoms in total. The highest BCUT2D eigenvalue weighted by Gasteiger charge is 2.66. The van der Waals surface area contributed by atoms with Gasteiger partial charge in [0.2, 0.25) is 0 Å². The van der Waals surface area contributed by atoms with Crippen LogP contribution >= 0.6 is 0 Å². The molecule has 3 aromatic rings. The quantitative estimate of drug-likeness (QED) is 0.425. The van der Waals surface area contributed by atoms with Crippen LogP contribution in [0.3, 0.4) is 0 Å². The molecule has 5 rings (SSSR count). The van der Waals surface area contributed by atoms with Gasteiger partial charge in [-0.15, -0.1) is 0 Å². The number of aliphatic hydroxyl groups is 2. The summed E-state index contributed by atoms with van der Waals surface area (Å²) >= 11 is 0. The standard InChI is InChI=1S/C29H32O7/c30-16-24-26(33-18-22-12-6-2-7-13-22)29(20-32-17-21-10-4-1-5-11-21)27(25(31)28(35-24)36-29)34-19-23-14-8-3-9-15-23/h1-15,24-28,30-31H,16-20H2/t24-,25-,26-,27-,28-,29-/m1/s1. The number of benzene rings is 3. The number of fused-ring (bicyclic) bond motifs is 2. The normalized spacial score (nSPS) is 29.3. The Labute approximate surface area is 211 Å². The number of rotatable bonds is 11. The van der Waals surface area contributed by atoms with E-state index in [2.05, 4.69) is 0 Å². The summed E-state index contributed by atoms with van der Waals surface area (Å²) in [5.74, 6) is 0. The fraction of sp³-hybridized carbons (Fsp3) is 0.379. The lowest BCUT2D eigenvalue weighted by Gasteiger charge is -2.45. The number of hydrogen-bond acceptors (Lipinski definition) is 7. The topological polar surface area (TPSA) is 86.6 Å². The minimum absolute atomic E-state index is 0.0915. The fourth-order valence-electron chi connectivity index (χ4n) is 4.93. The van der Waals surface area contributed by atoms with Crippen molar-refractivity contribution in [1.82, 2.24) is 0 Å². The minimum atomic E-state index is -1.19. The van der Waals surface area contributed by atoms with E-state index in [1.165, 1.54) is 0 Å². The van der Waals surface area contributed by atoms with Crippen molar-refractivity contribution in [3.63, 3.8) is 0 Å². The molecule has 6 atom stereocenters. The Morgan fingerprint density at radius 1 is 0.694 bits per heavy atom. The Morgan fingerprint density at radius 2 is 1.19 bits per heavy atom. The number of aliphatic hydroxyl groups excluding tert-OH is 2. The van der Waals surface area contributed by atoms with Gasteiger partial charge in [-0.3, -0.25) is 0 Å². The predicted molar refractivity (Wildman–Crippen MR) is 132 cm³/mol. The van der Waals surface area contributed by atoms with Gasteiger partial charge in [-0.2, -0.15) is 0 Å². The molecule has 0 unspecified atom stereocenters. The third-order valence-corrected chi connectivity index (χ3v) is 6.70. The summed E-state index contributed by atoms with van der Waals surface area (Å²) in [6, 6.07) is 29.3. The Kier molecular flexibility index (Phi) is 8.09. The molecule has 2 saturated heterocycles. The van der Waals surface area contributed by atoms with Crippen LogP contribution in [0.5, 0.6) is 0 Å². The molecule has 2 bridgehead atoms. The Morgan fingerprint density at radius 3 is 1.72 bits per heavy atom. The van der Waals surface area contributed by atoms with Crippen molar-refractivity contribution >= 4 is 0 Å². The summed E-state index contributed by atoms with van der Waals surface area (Å²) in [5.41, 5.74) is 1.76. The van der Waals surface area contributed by atoms with Crippen LogP contribution in [-0.4, -0.2) is 59.7 Å². The first kappa shape index (κ1) is 25.0. The first-order valence-corrected chi connectivity index (χ1v) is 12.2. The van der Waals surface area contributed by atoms with Gasteiger partial charge in [-0.05, 0) is 16.7 Å². The van der Waals surface area contributed by atoms with Crippen molar-refractivity contribution in [2.24, 2.45) is 0 Å². The van der Waals surface area contributed by atoms with Gasteiger partial charge >= 0.3 is 0 Å². The predicted octanol–water partition coefficient (Wildman–Crippen LogP) is 3.22. The van der Waals surface area contributed by atoms with Gasteiger partial charge in [0, 0.05) is 0 Å². The summed E-state index contributed by atoms with van der Waals surface area (Å²) in [4.78, 5) is 0. The molecule has 190 valence electrons. The molecule has 2 heterocycles. The summed E-state index contributed by atoms with van der Waals surface area (Å²) in [5, 5.41) is 21.4. The van der Waals surface area contributed by atoms with Crippen LogP contribution in [0, 0.1) is 0 Å². The molecule has 0 radical (unpaired) electrons. The van der Waals surface area contributed by atoms with Gasteiger partial charge in [-0.1, -0.05) is 91.0 Å². The van der Waals surface area contributed by atoms with Gasteiger partial charge in [0.15, 0.2) is 11.9 Å². The molecule has 0 spiro atoms. The van der Waals surface area contributed by atoms with E-state index in [0.717, 1.165) is 16.7 Å². The largest absolute Gasteiger partial charge is 0.394 e.